The molecule has 0 radical (unpaired) electrons. The smallest absolute Gasteiger partial charge is 0.239 e. The standard InChI is InChI=1S/C13H15BrN4O/c1-9-4-10(2-3-12(9)14)5-16-11-6-17-18(7-11)8-13(15)19/h2-4,6-7,16H,5,8H2,1H3,(H2,15,19). The van der Waals surface area contributed by atoms with Crippen LogP contribution in [0.5, 0.6) is 0 Å². The molecule has 2 aromatic rings. The molecular weight excluding hydrogens is 308 g/mol. The molecule has 3 N–H and O–H groups in total. The largest absolute Gasteiger partial charge is 0.378 e. The molecule has 1 amide bonds. The molecule has 0 fully saturated rings. The third-order valence-electron chi connectivity index (χ3n) is 2.67. The third kappa shape index (κ3) is 3.82. The van der Waals surface area contributed by atoms with Crippen molar-refractivity contribution < 1.29 is 4.79 Å². The molecule has 0 aliphatic rings. The van der Waals surface area contributed by atoms with Crippen molar-refractivity contribution in [2.45, 2.75) is 20.0 Å². The molecule has 19 heavy (non-hydrogen) atoms. The number of halogens is 1. The molecule has 0 saturated heterocycles. The SMILES string of the molecule is Cc1cc(CNc2cnn(CC(N)=O)c2)ccc1Br. The van der Waals surface area contributed by atoms with Crippen LogP contribution in [0.25, 0.3) is 0 Å². The zero-order valence-corrected chi connectivity index (χ0v) is 12.1. The number of nitrogens with two attached hydrogens (primary N) is 1. The highest BCUT2D eigenvalue weighted by molar-refractivity contribution is 9.10. The van der Waals surface area contributed by atoms with Crippen molar-refractivity contribution in [3.63, 3.8) is 0 Å². The lowest BCUT2D eigenvalue weighted by atomic mass is 10.1. The molecule has 0 aliphatic heterocycles. The number of benzene rings is 1. The zero-order valence-electron chi connectivity index (χ0n) is 10.6. The number of nitrogens with one attached hydrogen (secondary N) is 1. The molecule has 0 saturated carbocycles. The second-order valence-corrected chi connectivity index (χ2v) is 5.18. The summed E-state index contributed by atoms with van der Waals surface area (Å²) in [5, 5.41) is 7.30. The van der Waals surface area contributed by atoms with Gasteiger partial charge in [-0.1, -0.05) is 28.1 Å². The Morgan fingerprint density at radius 1 is 1.53 bits per heavy atom. The highest BCUT2D eigenvalue weighted by Gasteiger charge is 2.02. The van der Waals surface area contributed by atoms with Gasteiger partial charge in [-0.3, -0.25) is 9.48 Å². The number of hydrogen-bond acceptors (Lipinski definition) is 3. The lowest BCUT2D eigenvalue weighted by Gasteiger charge is -2.06. The minimum absolute atomic E-state index is 0.0963. The second kappa shape index (κ2) is 5.88. The topological polar surface area (TPSA) is 72.9 Å². The number of carbonyl (C=O) groups is 1. The maximum atomic E-state index is 10.8. The Hall–Kier alpha value is -1.82. The van der Waals surface area contributed by atoms with Crippen LogP contribution in [0.15, 0.2) is 35.1 Å². The number of primary amides is 1. The highest BCUT2D eigenvalue weighted by atomic mass is 79.9. The first kappa shape index (κ1) is 13.6. The van der Waals surface area contributed by atoms with Crippen LogP contribution in [0.3, 0.4) is 0 Å². The van der Waals surface area contributed by atoms with Gasteiger partial charge in [0.1, 0.15) is 6.54 Å². The van der Waals surface area contributed by atoms with Crippen molar-refractivity contribution in [1.29, 1.82) is 0 Å². The first-order valence-electron chi connectivity index (χ1n) is 5.84. The van der Waals surface area contributed by atoms with E-state index in [1.165, 1.54) is 15.8 Å². The Morgan fingerprint density at radius 3 is 3.00 bits per heavy atom. The van der Waals surface area contributed by atoms with Gasteiger partial charge in [0.05, 0.1) is 11.9 Å². The fraction of sp³-hybridized carbons (Fsp3) is 0.231. The highest BCUT2D eigenvalue weighted by Crippen LogP contribution is 2.17. The van der Waals surface area contributed by atoms with Crippen LogP contribution in [0.4, 0.5) is 5.69 Å². The Morgan fingerprint density at radius 2 is 2.32 bits per heavy atom. The molecule has 0 bridgehead atoms. The summed E-state index contributed by atoms with van der Waals surface area (Å²) in [5.74, 6) is -0.404. The monoisotopic (exact) mass is 322 g/mol. The summed E-state index contributed by atoms with van der Waals surface area (Å²) in [4.78, 5) is 10.8. The summed E-state index contributed by atoms with van der Waals surface area (Å²) >= 11 is 3.47. The molecule has 0 unspecified atom stereocenters. The molecule has 0 atom stereocenters. The Kier molecular flexibility index (Phi) is 4.21. The van der Waals surface area contributed by atoms with Gasteiger partial charge in [-0.25, -0.2) is 0 Å². The van der Waals surface area contributed by atoms with E-state index >= 15 is 0 Å². The van der Waals surface area contributed by atoms with Gasteiger partial charge >= 0.3 is 0 Å². The predicted molar refractivity (Wildman–Crippen MR) is 77.6 cm³/mol. The van der Waals surface area contributed by atoms with E-state index < -0.39 is 5.91 Å². The summed E-state index contributed by atoms with van der Waals surface area (Å²) in [6, 6.07) is 6.20. The predicted octanol–water partition coefficient (Wildman–Crippen LogP) is 2.05. The van der Waals surface area contributed by atoms with Gasteiger partial charge in [-0.2, -0.15) is 5.10 Å². The molecule has 100 valence electrons. The van der Waals surface area contributed by atoms with Crippen molar-refractivity contribution in [3.8, 4) is 0 Å². The zero-order chi connectivity index (χ0) is 13.8. The maximum Gasteiger partial charge on any atom is 0.239 e. The lowest BCUT2D eigenvalue weighted by molar-refractivity contribution is -0.118. The van der Waals surface area contributed by atoms with Gasteiger partial charge in [0.15, 0.2) is 0 Å². The number of aryl methyl sites for hydroxylation is 1. The molecule has 2 rings (SSSR count). The van der Waals surface area contributed by atoms with Crippen LogP contribution < -0.4 is 11.1 Å². The van der Waals surface area contributed by atoms with Crippen molar-refractivity contribution in [2.24, 2.45) is 5.73 Å². The molecular formula is C13H15BrN4O. The first-order valence-corrected chi connectivity index (χ1v) is 6.63. The summed E-state index contributed by atoms with van der Waals surface area (Å²) in [7, 11) is 0. The van der Waals surface area contributed by atoms with Crippen LogP contribution >= 0.6 is 15.9 Å². The van der Waals surface area contributed by atoms with E-state index in [1.54, 1.807) is 12.4 Å². The number of aromatic nitrogens is 2. The minimum Gasteiger partial charge on any atom is -0.378 e. The van der Waals surface area contributed by atoms with Crippen LogP contribution in [0.2, 0.25) is 0 Å². The van der Waals surface area contributed by atoms with E-state index in [9.17, 15) is 4.79 Å². The first-order chi connectivity index (χ1) is 9.04. The number of anilines is 1. The fourth-order valence-electron chi connectivity index (χ4n) is 1.72. The molecule has 1 aromatic heterocycles. The lowest BCUT2D eigenvalue weighted by Crippen LogP contribution is -2.18. The summed E-state index contributed by atoms with van der Waals surface area (Å²) in [6.07, 6.45) is 3.44. The van der Waals surface area contributed by atoms with E-state index in [4.69, 9.17) is 5.73 Å². The van der Waals surface area contributed by atoms with E-state index in [0.717, 1.165) is 10.2 Å². The number of rotatable bonds is 5. The van der Waals surface area contributed by atoms with Crippen molar-refractivity contribution in [3.05, 3.63) is 46.2 Å². The maximum absolute atomic E-state index is 10.8. The number of carbonyl (C=O) groups excluding carboxylic acids is 1. The average molecular weight is 323 g/mol. The normalized spacial score (nSPS) is 10.4. The molecule has 1 aromatic carbocycles. The number of hydrogen-bond donors (Lipinski definition) is 2. The third-order valence-corrected chi connectivity index (χ3v) is 3.56. The number of nitrogens with zero attached hydrogens (tertiary/aromatic N) is 2. The Balaban J connectivity index is 1.96. The summed E-state index contributed by atoms with van der Waals surface area (Å²) in [5.41, 5.74) is 8.35. The fourth-order valence-corrected chi connectivity index (χ4v) is 1.97. The van der Waals surface area contributed by atoms with Crippen molar-refractivity contribution >= 4 is 27.5 Å². The van der Waals surface area contributed by atoms with Crippen LogP contribution in [-0.4, -0.2) is 15.7 Å². The second-order valence-electron chi connectivity index (χ2n) is 4.33. The van der Waals surface area contributed by atoms with Crippen LogP contribution in [0.1, 0.15) is 11.1 Å². The van der Waals surface area contributed by atoms with Crippen molar-refractivity contribution in [1.82, 2.24) is 9.78 Å². The number of amides is 1. The molecule has 6 heteroatoms. The molecule has 1 heterocycles. The summed E-state index contributed by atoms with van der Waals surface area (Å²) < 4.78 is 2.61. The van der Waals surface area contributed by atoms with Gasteiger partial charge in [0, 0.05) is 17.2 Å². The summed E-state index contributed by atoms with van der Waals surface area (Å²) in [6.45, 7) is 2.86. The molecule has 0 spiro atoms. The Bertz CT molecular complexity index is 594. The van der Waals surface area contributed by atoms with E-state index in [2.05, 4.69) is 45.4 Å². The average Bonchev–Trinajstić information content (AvgIpc) is 2.77. The molecule has 5 nitrogen and oxygen atoms in total. The van der Waals surface area contributed by atoms with Crippen LogP contribution in [0, 0.1) is 6.92 Å². The minimum atomic E-state index is -0.404. The van der Waals surface area contributed by atoms with Gasteiger partial charge in [0.25, 0.3) is 0 Å². The van der Waals surface area contributed by atoms with E-state index in [1.807, 2.05) is 6.07 Å². The van der Waals surface area contributed by atoms with Gasteiger partial charge in [-0.15, -0.1) is 0 Å². The van der Waals surface area contributed by atoms with Gasteiger partial charge < -0.3 is 11.1 Å². The van der Waals surface area contributed by atoms with Gasteiger partial charge in [0.2, 0.25) is 5.91 Å². The molecule has 0 aliphatic carbocycles. The van der Waals surface area contributed by atoms with Crippen molar-refractivity contribution in [2.75, 3.05) is 5.32 Å². The van der Waals surface area contributed by atoms with E-state index in [0.29, 0.717) is 6.54 Å². The van der Waals surface area contributed by atoms with Crippen LogP contribution in [-0.2, 0) is 17.9 Å². The van der Waals surface area contributed by atoms with E-state index in [-0.39, 0.29) is 6.54 Å². The Labute approximate surface area is 119 Å². The quantitative estimate of drug-likeness (QED) is 0.884. The van der Waals surface area contributed by atoms with Gasteiger partial charge in [-0.05, 0) is 24.1 Å².